The number of halogens is 3. The molecule has 3 aromatic carbocycles. The van der Waals surface area contributed by atoms with E-state index in [0.717, 1.165) is 85.5 Å². The smallest absolute Gasteiger partial charge is 0.234 e. The summed E-state index contributed by atoms with van der Waals surface area (Å²) in [7, 11) is -1.09. The Morgan fingerprint density at radius 3 is 2.27 bits per heavy atom. The maximum absolute atomic E-state index is 15.1. The van der Waals surface area contributed by atoms with Gasteiger partial charge in [-0.25, -0.2) is 13.8 Å². The summed E-state index contributed by atoms with van der Waals surface area (Å²) in [4.78, 5) is 58.6. The molecule has 376 valence electrons. The van der Waals surface area contributed by atoms with Crippen molar-refractivity contribution in [3.05, 3.63) is 87.7 Å². The number of carbonyl (C=O) groups excluding carboxylic acids is 3. The van der Waals surface area contributed by atoms with Crippen molar-refractivity contribution in [2.24, 2.45) is 5.92 Å². The zero-order chi connectivity index (χ0) is 50.1. The number of piperidine rings is 2. The molecule has 0 bridgehead atoms. The first-order valence-corrected chi connectivity index (χ1v) is 28.0. The Kier molecular flexibility index (Phi) is 15.0. The minimum absolute atomic E-state index is 0.0204. The molecular weight excluding hydrogens is 996 g/mol. The van der Waals surface area contributed by atoms with Crippen LogP contribution in [-0.2, 0) is 25.4 Å². The molecule has 1 saturated carbocycles. The molecule has 5 heterocycles. The second kappa shape index (κ2) is 21.2. The zero-order valence-corrected chi connectivity index (χ0v) is 43.3. The summed E-state index contributed by atoms with van der Waals surface area (Å²) in [6.45, 7) is 12.4. The van der Waals surface area contributed by atoms with Gasteiger partial charge >= 0.3 is 0 Å². The van der Waals surface area contributed by atoms with Crippen molar-refractivity contribution in [3.63, 3.8) is 0 Å². The number of piperazine rings is 1. The average molecular weight is 1060 g/mol. The van der Waals surface area contributed by atoms with Gasteiger partial charge in [0, 0.05) is 110 Å². The molecule has 9 rings (SSSR count). The lowest BCUT2D eigenvalue weighted by Crippen LogP contribution is -2.55. The van der Waals surface area contributed by atoms with Crippen molar-refractivity contribution in [3.8, 4) is 11.5 Å². The van der Waals surface area contributed by atoms with Gasteiger partial charge in [-0.05, 0) is 117 Å². The first-order chi connectivity index (χ1) is 34.1. The van der Waals surface area contributed by atoms with Crippen LogP contribution in [0.5, 0.6) is 11.5 Å². The lowest BCUT2D eigenvalue weighted by Gasteiger charge is -2.44. The van der Waals surface area contributed by atoms with Gasteiger partial charge in [0.15, 0.2) is 0 Å². The number of aryl methyl sites for hydroxylation is 2. The number of aromatic nitrogens is 3. The number of imide groups is 1. The summed E-state index contributed by atoms with van der Waals surface area (Å²) >= 11 is 3.61. The van der Waals surface area contributed by atoms with Crippen LogP contribution in [0, 0.1) is 24.5 Å². The number of ether oxygens (including phenoxy) is 2. The van der Waals surface area contributed by atoms with Crippen molar-refractivity contribution in [2.45, 2.75) is 89.7 Å². The van der Waals surface area contributed by atoms with Crippen LogP contribution >= 0.6 is 23.1 Å². The fraction of sp³-hybridized carbons (Fsp3) is 0.462. The van der Waals surface area contributed by atoms with Gasteiger partial charge in [-0.1, -0.05) is 13.0 Å². The molecule has 19 heteroatoms. The standard InChI is InChI=1S/C52H61BrF2N9O6P/c1-6-31-25-43(59-52-56-29-38(53)49(61-52)58-42-15-14-41-36(12-7-30(2)57-41)48(42)71(4,5)68)45(69-3)28-44(31)63-19-17-33(18-20-63)62-21-23-64(24-22-62)51(67)32-8-10-34(11-9-32)70-35-26-39(54)47(40(55)27-35)37-13-16-46(65)60-50(37)66/h7,12,14-15,25-29,32-34,37H,6,8-11,13,16-24H2,1-5H3,(H,60,65,66)(H2,56,58,59,61). The third kappa shape index (κ3) is 11.0. The van der Waals surface area contributed by atoms with Gasteiger partial charge in [0.05, 0.1) is 40.5 Å². The van der Waals surface area contributed by atoms with E-state index in [4.69, 9.17) is 14.5 Å². The minimum Gasteiger partial charge on any atom is -0.494 e. The van der Waals surface area contributed by atoms with Gasteiger partial charge < -0.3 is 34.5 Å². The number of nitrogens with one attached hydrogen (secondary N) is 3. The number of methoxy groups -OCH3 is 1. The highest BCUT2D eigenvalue weighted by atomic mass is 79.9. The monoisotopic (exact) mass is 1060 g/mol. The van der Waals surface area contributed by atoms with Gasteiger partial charge in [-0.15, -0.1) is 0 Å². The Hall–Kier alpha value is -5.71. The third-order valence-electron chi connectivity index (χ3n) is 14.5. The molecule has 0 spiro atoms. The predicted molar refractivity (Wildman–Crippen MR) is 275 cm³/mol. The Labute approximate surface area is 421 Å². The molecule has 3 saturated heterocycles. The summed E-state index contributed by atoms with van der Waals surface area (Å²) < 4.78 is 56.5. The SMILES string of the molecule is CCc1cc(Nc2ncc(Br)c(Nc3ccc4nc(C)ccc4c3P(C)(C)=O)n2)c(OC)cc1N1CCC(N2CCN(C(=O)C3CCC(Oc4cc(F)c(C5CCC(=O)NC5=O)c(F)c4)CC3)CC2)CC1. The number of benzene rings is 3. The number of anilines is 5. The predicted octanol–water partition coefficient (Wildman–Crippen LogP) is 8.95. The van der Waals surface area contributed by atoms with E-state index in [-0.39, 0.29) is 42.1 Å². The first kappa shape index (κ1) is 50.2. The van der Waals surface area contributed by atoms with E-state index in [1.807, 2.05) is 36.1 Å². The van der Waals surface area contributed by atoms with E-state index in [1.54, 1.807) is 26.6 Å². The van der Waals surface area contributed by atoms with Crippen LogP contribution in [0.2, 0.25) is 0 Å². The Morgan fingerprint density at radius 2 is 1.61 bits per heavy atom. The van der Waals surface area contributed by atoms with Crippen LogP contribution < -0.4 is 35.6 Å². The van der Waals surface area contributed by atoms with E-state index >= 15 is 8.78 Å². The highest BCUT2D eigenvalue weighted by Gasteiger charge is 2.36. The number of carbonyl (C=O) groups is 3. The number of hydrogen-bond acceptors (Lipinski definition) is 13. The quantitative estimate of drug-likeness (QED) is 0.0755. The minimum atomic E-state index is -2.75. The van der Waals surface area contributed by atoms with Crippen LogP contribution in [0.1, 0.15) is 81.0 Å². The van der Waals surface area contributed by atoms with Crippen LogP contribution in [0.15, 0.2) is 59.2 Å². The highest BCUT2D eigenvalue weighted by molar-refractivity contribution is 9.10. The molecule has 4 aliphatic rings. The van der Waals surface area contributed by atoms with E-state index < -0.39 is 36.5 Å². The van der Waals surface area contributed by atoms with Crippen LogP contribution in [0.4, 0.5) is 37.6 Å². The van der Waals surface area contributed by atoms with Gasteiger partial charge in [0.1, 0.15) is 36.1 Å². The molecule has 4 fully saturated rings. The molecular formula is C52H61BrF2N9O6P. The Balaban J connectivity index is 0.766. The van der Waals surface area contributed by atoms with Crippen molar-refractivity contribution in [1.29, 1.82) is 0 Å². The second-order valence-electron chi connectivity index (χ2n) is 19.5. The molecule has 1 unspecified atom stereocenters. The topological polar surface area (TPSA) is 171 Å². The van der Waals surface area contributed by atoms with Gasteiger partial charge in [0.2, 0.25) is 23.7 Å². The highest BCUT2D eigenvalue weighted by Crippen LogP contribution is 2.43. The fourth-order valence-corrected chi connectivity index (χ4v) is 12.6. The average Bonchev–Trinajstić information content (AvgIpc) is 3.35. The van der Waals surface area contributed by atoms with Crippen molar-refractivity contribution >= 4 is 85.8 Å². The summed E-state index contributed by atoms with van der Waals surface area (Å²) in [6, 6.07) is 14.6. The van der Waals surface area contributed by atoms with Crippen molar-refractivity contribution < 1.29 is 37.2 Å². The molecule has 3 N–H and O–H groups in total. The number of rotatable bonds is 13. The van der Waals surface area contributed by atoms with Crippen LogP contribution in [-0.4, -0.2) is 114 Å². The first-order valence-electron chi connectivity index (χ1n) is 24.6. The van der Waals surface area contributed by atoms with Gasteiger partial charge in [-0.3, -0.25) is 29.6 Å². The molecule has 3 amide bonds. The molecule has 2 aromatic heterocycles. The molecule has 15 nitrogen and oxygen atoms in total. The van der Waals surface area contributed by atoms with Gasteiger partial charge in [-0.2, -0.15) is 4.98 Å². The Bertz CT molecular complexity index is 2880. The maximum atomic E-state index is 15.1. The van der Waals surface area contributed by atoms with Crippen LogP contribution in [0.25, 0.3) is 10.9 Å². The number of hydrogen-bond donors (Lipinski definition) is 3. The molecule has 0 radical (unpaired) electrons. The summed E-state index contributed by atoms with van der Waals surface area (Å²) in [5.74, 6) is -2.32. The maximum Gasteiger partial charge on any atom is 0.234 e. The fourth-order valence-electron chi connectivity index (χ4n) is 10.8. The number of nitrogens with zero attached hydrogens (tertiary/aromatic N) is 6. The lowest BCUT2D eigenvalue weighted by molar-refractivity contribution is -0.139. The van der Waals surface area contributed by atoms with E-state index in [2.05, 4.69) is 70.7 Å². The molecule has 3 aliphatic heterocycles. The van der Waals surface area contributed by atoms with Gasteiger partial charge in [0.25, 0.3) is 0 Å². The zero-order valence-electron chi connectivity index (χ0n) is 40.8. The molecule has 5 aromatic rings. The summed E-state index contributed by atoms with van der Waals surface area (Å²) in [5.41, 5.74) is 5.07. The van der Waals surface area contributed by atoms with E-state index in [1.165, 1.54) is 5.56 Å². The summed E-state index contributed by atoms with van der Waals surface area (Å²) in [6.07, 6.45) is 6.72. The van der Waals surface area contributed by atoms with Crippen LogP contribution in [0.3, 0.4) is 0 Å². The number of fused-ring (bicyclic) bond motifs is 1. The third-order valence-corrected chi connectivity index (χ3v) is 16.6. The van der Waals surface area contributed by atoms with Crippen molar-refractivity contribution in [2.75, 3.05) is 75.2 Å². The van der Waals surface area contributed by atoms with E-state index in [9.17, 15) is 18.9 Å². The summed E-state index contributed by atoms with van der Waals surface area (Å²) in [5, 5.41) is 10.5. The molecule has 1 aliphatic carbocycles. The second-order valence-corrected chi connectivity index (χ2v) is 23.5. The van der Waals surface area contributed by atoms with Crippen molar-refractivity contribution in [1.82, 2.24) is 30.1 Å². The largest absolute Gasteiger partial charge is 0.494 e. The number of amides is 3. The number of pyridine rings is 1. The van der Waals surface area contributed by atoms with E-state index in [0.29, 0.717) is 77.8 Å². The molecule has 1 atom stereocenters. The lowest BCUT2D eigenvalue weighted by atomic mass is 9.86. The Morgan fingerprint density at radius 1 is 0.887 bits per heavy atom. The normalized spacial score (nSPS) is 20.5. The molecule has 71 heavy (non-hydrogen) atoms.